The zero-order valence-electron chi connectivity index (χ0n) is 9.11. The summed E-state index contributed by atoms with van der Waals surface area (Å²) in [5.74, 6) is 0.845. The number of carbonyl (C=O) groups excluding carboxylic acids is 1. The summed E-state index contributed by atoms with van der Waals surface area (Å²) < 4.78 is 5.07. The average molecular weight is 260 g/mol. The fraction of sp³-hybridized carbons (Fsp3) is 0.545. The molecule has 1 aromatic heterocycles. The van der Waals surface area contributed by atoms with Crippen molar-refractivity contribution in [1.82, 2.24) is 4.90 Å². The molecule has 5 heteroatoms. The molecular weight excluding hydrogens is 246 g/mol. The third-order valence-corrected chi connectivity index (χ3v) is 4.07. The van der Waals surface area contributed by atoms with Gasteiger partial charge in [0.15, 0.2) is 0 Å². The molecule has 2 heterocycles. The Morgan fingerprint density at radius 1 is 1.56 bits per heavy atom. The molecule has 0 N–H and O–H groups in total. The Morgan fingerprint density at radius 3 is 2.81 bits per heavy atom. The van der Waals surface area contributed by atoms with Crippen molar-refractivity contribution in [2.45, 2.75) is 18.2 Å². The van der Waals surface area contributed by atoms with Gasteiger partial charge in [-0.1, -0.05) is 0 Å². The summed E-state index contributed by atoms with van der Waals surface area (Å²) in [5, 5.41) is 2.07. The van der Waals surface area contributed by atoms with Crippen molar-refractivity contribution in [1.29, 1.82) is 0 Å². The maximum absolute atomic E-state index is 12.1. The molecule has 3 nitrogen and oxygen atoms in total. The van der Waals surface area contributed by atoms with Gasteiger partial charge in [0.2, 0.25) is 0 Å². The van der Waals surface area contributed by atoms with Crippen LogP contribution in [0.3, 0.4) is 0 Å². The van der Waals surface area contributed by atoms with Crippen LogP contribution in [0.15, 0.2) is 11.4 Å². The lowest BCUT2D eigenvalue weighted by Crippen LogP contribution is -2.38. The van der Waals surface area contributed by atoms with Gasteiger partial charge in [-0.05, 0) is 12.8 Å². The summed E-state index contributed by atoms with van der Waals surface area (Å²) in [7, 11) is 1.61. The summed E-state index contributed by atoms with van der Waals surface area (Å²) in [6.45, 7) is 1.51. The highest BCUT2D eigenvalue weighted by molar-refractivity contribution is 7.12. The number of hydrogen-bond acceptors (Lipinski definition) is 3. The van der Waals surface area contributed by atoms with Crippen LogP contribution in [0.2, 0.25) is 0 Å². The number of nitrogens with zero attached hydrogens (tertiary/aromatic N) is 1. The predicted molar refractivity (Wildman–Crippen MR) is 65.6 cm³/mol. The standard InChI is InChI=1S/C11H14ClNO2S/c1-15-9-6-10(16-7-9)11(14)13-4-2-8(12)3-5-13/h6-8H,2-5H2,1H3. The lowest BCUT2D eigenvalue weighted by Gasteiger charge is -2.28. The monoisotopic (exact) mass is 259 g/mol. The molecule has 16 heavy (non-hydrogen) atoms. The van der Waals surface area contributed by atoms with Gasteiger partial charge in [-0.2, -0.15) is 0 Å². The first-order valence-electron chi connectivity index (χ1n) is 5.26. The van der Waals surface area contributed by atoms with Gasteiger partial charge in [-0.25, -0.2) is 0 Å². The third kappa shape index (κ3) is 2.50. The molecule has 2 rings (SSSR count). The highest BCUT2D eigenvalue weighted by atomic mass is 35.5. The Morgan fingerprint density at radius 2 is 2.25 bits per heavy atom. The van der Waals surface area contributed by atoms with Crippen molar-refractivity contribution in [2.24, 2.45) is 0 Å². The van der Waals surface area contributed by atoms with Gasteiger partial charge >= 0.3 is 0 Å². The van der Waals surface area contributed by atoms with E-state index in [1.54, 1.807) is 13.2 Å². The van der Waals surface area contributed by atoms with E-state index < -0.39 is 0 Å². The van der Waals surface area contributed by atoms with E-state index in [1.165, 1.54) is 11.3 Å². The molecule has 0 unspecified atom stereocenters. The molecule has 0 radical (unpaired) electrons. The van der Waals surface area contributed by atoms with E-state index >= 15 is 0 Å². The minimum absolute atomic E-state index is 0.0943. The molecule has 88 valence electrons. The normalized spacial score (nSPS) is 17.5. The highest BCUT2D eigenvalue weighted by Gasteiger charge is 2.23. The first-order chi connectivity index (χ1) is 7.70. The minimum atomic E-state index is 0.0943. The molecule has 1 aromatic rings. The largest absolute Gasteiger partial charge is 0.496 e. The van der Waals surface area contributed by atoms with Gasteiger partial charge in [0, 0.05) is 29.9 Å². The van der Waals surface area contributed by atoms with E-state index in [1.807, 2.05) is 10.3 Å². The number of piperidine rings is 1. The fourth-order valence-corrected chi connectivity index (χ4v) is 2.76. The topological polar surface area (TPSA) is 29.5 Å². The molecule has 0 atom stereocenters. The van der Waals surface area contributed by atoms with E-state index in [-0.39, 0.29) is 11.3 Å². The molecule has 1 fully saturated rings. The van der Waals surface area contributed by atoms with Crippen LogP contribution in [0.25, 0.3) is 0 Å². The number of alkyl halides is 1. The zero-order valence-corrected chi connectivity index (χ0v) is 10.7. The van der Waals surface area contributed by atoms with Crippen molar-refractivity contribution in [2.75, 3.05) is 20.2 Å². The number of methoxy groups -OCH3 is 1. The summed E-state index contributed by atoms with van der Waals surface area (Å²) in [4.78, 5) is 14.7. The minimum Gasteiger partial charge on any atom is -0.496 e. The van der Waals surface area contributed by atoms with Crippen molar-refractivity contribution in [3.63, 3.8) is 0 Å². The summed E-state index contributed by atoms with van der Waals surface area (Å²) in [5.41, 5.74) is 0. The smallest absolute Gasteiger partial charge is 0.264 e. The average Bonchev–Trinajstić information content (AvgIpc) is 2.77. The van der Waals surface area contributed by atoms with E-state index in [0.29, 0.717) is 0 Å². The van der Waals surface area contributed by atoms with Crippen LogP contribution in [0.1, 0.15) is 22.5 Å². The van der Waals surface area contributed by atoms with Gasteiger partial charge < -0.3 is 9.64 Å². The number of rotatable bonds is 2. The van der Waals surface area contributed by atoms with Crippen molar-refractivity contribution < 1.29 is 9.53 Å². The van der Waals surface area contributed by atoms with Gasteiger partial charge in [0.05, 0.1) is 12.0 Å². The van der Waals surface area contributed by atoms with E-state index in [2.05, 4.69) is 0 Å². The van der Waals surface area contributed by atoms with Gasteiger partial charge in [0.25, 0.3) is 5.91 Å². The molecule has 0 saturated carbocycles. The quantitative estimate of drug-likeness (QED) is 0.764. The van der Waals surface area contributed by atoms with Gasteiger partial charge in [0.1, 0.15) is 5.75 Å². The van der Waals surface area contributed by atoms with Crippen LogP contribution in [-0.2, 0) is 0 Å². The molecule has 1 saturated heterocycles. The second-order valence-corrected chi connectivity index (χ2v) is 5.35. The maximum atomic E-state index is 12.1. The van der Waals surface area contributed by atoms with Crippen molar-refractivity contribution in [3.05, 3.63) is 16.3 Å². The summed E-state index contributed by atoms with van der Waals surface area (Å²) in [6, 6.07) is 1.79. The zero-order chi connectivity index (χ0) is 11.5. The molecular formula is C11H14ClNO2S. The first kappa shape index (κ1) is 11.7. The first-order valence-corrected chi connectivity index (χ1v) is 6.58. The maximum Gasteiger partial charge on any atom is 0.264 e. The molecule has 1 aliphatic rings. The number of carbonyl (C=O) groups is 1. The number of halogens is 1. The molecule has 1 amide bonds. The number of thiophene rings is 1. The molecule has 0 aromatic carbocycles. The highest BCUT2D eigenvalue weighted by Crippen LogP contribution is 2.24. The Kier molecular flexibility index (Phi) is 3.71. The second kappa shape index (κ2) is 5.06. The Labute approximate surface area is 104 Å². The van der Waals surface area contributed by atoms with Crippen molar-refractivity contribution in [3.8, 4) is 5.75 Å². The van der Waals surface area contributed by atoms with Crippen LogP contribution in [0, 0.1) is 0 Å². The number of hydrogen-bond donors (Lipinski definition) is 0. The Bertz CT molecular complexity index is 372. The molecule has 0 aliphatic carbocycles. The van der Waals surface area contributed by atoms with E-state index in [4.69, 9.17) is 16.3 Å². The molecule has 1 aliphatic heterocycles. The van der Waals surface area contributed by atoms with Crippen LogP contribution in [-0.4, -0.2) is 36.4 Å². The van der Waals surface area contributed by atoms with E-state index in [0.717, 1.165) is 36.6 Å². The Balaban J connectivity index is 2.01. The van der Waals surface area contributed by atoms with Crippen LogP contribution < -0.4 is 4.74 Å². The van der Waals surface area contributed by atoms with Gasteiger partial charge in [-0.15, -0.1) is 22.9 Å². The summed E-state index contributed by atoms with van der Waals surface area (Å²) >= 11 is 7.43. The van der Waals surface area contributed by atoms with Crippen LogP contribution in [0.5, 0.6) is 5.75 Å². The van der Waals surface area contributed by atoms with Crippen LogP contribution in [0.4, 0.5) is 0 Å². The predicted octanol–water partition coefficient (Wildman–Crippen LogP) is 2.60. The molecule has 0 spiro atoms. The van der Waals surface area contributed by atoms with Crippen molar-refractivity contribution >= 4 is 28.8 Å². The fourth-order valence-electron chi connectivity index (χ4n) is 1.74. The molecule has 0 bridgehead atoms. The van der Waals surface area contributed by atoms with Gasteiger partial charge in [-0.3, -0.25) is 4.79 Å². The SMILES string of the molecule is COc1csc(C(=O)N2CCC(Cl)CC2)c1. The van der Waals surface area contributed by atoms with Crippen LogP contribution >= 0.6 is 22.9 Å². The lowest BCUT2D eigenvalue weighted by molar-refractivity contribution is 0.0731. The summed E-state index contributed by atoms with van der Waals surface area (Å²) in [6.07, 6.45) is 1.77. The number of ether oxygens (including phenoxy) is 1. The Hall–Kier alpha value is -0.740. The van der Waals surface area contributed by atoms with E-state index in [9.17, 15) is 4.79 Å². The third-order valence-electron chi connectivity index (χ3n) is 2.73. The number of amides is 1. The number of likely N-dealkylation sites (tertiary alicyclic amines) is 1. The second-order valence-electron chi connectivity index (χ2n) is 3.82. The lowest BCUT2D eigenvalue weighted by atomic mass is 10.1.